The van der Waals surface area contributed by atoms with Crippen molar-refractivity contribution in [1.82, 2.24) is 10.2 Å². The van der Waals surface area contributed by atoms with Crippen molar-refractivity contribution in [3.05, 3.63) is 18.3 Å². The van der Waals surface area contributed by atoms with Crippen molar-refractivity contribution in [3.63, 3.8) is 0 Å². The second kappa shape index (κ2) is 4.37. The molecule has 0 aliphatic heterocycles. The highest BCUT2D eigenvalue weighted by Crippen LogP contribution is 2.27. The lowest BCUT2D eigenvalue weighted by Crippen LogP contribution is -2.26. The fourth-order valence-corrected chi connectivity index (χ4v) is 2.01. The monoisotopic (exact) mass is 193 g/mol. The van der Waals surface area contributed by atoms with E-state index in [1.54, 1.807) is 6.20 Å². The van der Waals surface area contributed by atoms with E-state index in [1.807, 2.05) is 12.1 Å². The van der Waals surface area contributed by atoms with Crippen LogP contribution in [0, 0.1) is 5.92 Å². The SMILES string of the molecule is OCC1CCCC1Nc1cccnn1. The lowest BCUT2D eigenvalue weighted by atomic mass is 10.1. The number of aliphatic hydroxyl groups excluding tert-OH is 1. The molecule has 4 nitrogen and oxygen atoms in total. The van der Waals surface area contributed by atoms with Crippen LogP contribution in [0.4, 0.5) is 5.82 Å². The molecule has 1 aliphatic carbocycles. The Hall–Kier alpha value is -1.16. The Bertz CT molecular complexity index is 278. The second-order valence-corrected chi connectivity index (χ2v) is 3.73. The van der Waals surface area contributed by atoms with E-state index >= 15 is 0 Å². The highest BCUT2D eigenvalue weighted by molar-refractivity contribution is 5.33. The Kier molecular flexibility index (Phi) is 2.93. The summed E-state index contributed by atoms with van der Waals surface area (Å²) in [7, 11) is 0. The van der Waals surface area contributed by atoms with E-state index in [4.69, 9.17) is 5.11 Å². The first-order chi connectivity index (χ1) is 6.90. The summed E-state index contributed by atoms with van der Waals surface area (Å²) < 4.78 is 0. The van der Waals surface area contributed by atoms with Crippen LogP contribution in [-0.4, -0.2) is 28.0 Å². The summed E-state index contributed by atoms with van der Waals surface area (Å²) in [5, 5.41) is 20.2. The number of hydrogen-bond acceptors (Lipinski definition) is 4. The zero-order chi connectivity index (χ0) is 9.80. The van der Waals surface area contributed by atoms with Gasteiger partial charge in [0.05, 0.1) is 0 Å². The average Bonchev–Trinajstić information content (AvgIpc) is 2.67. The maximum atomic E-state index is 9.14. The van der Waals surface area contributed by atoms with Crippen LogP contribution in [0.1, 0.15) is 19.3 Å². The van der Waals surface area contributed by atoms with Gasteiger partial charge in [0, 0.05) is 24.8 Å². The Morgan fingerprint density at radius 2 is 2.43 bits per heavy atom. The van der Waals surface area contributed by atoms with Gasteiger partial charge in [-0.05, 0) is 25.0 Å². The average molecular weight is 193 g/mol. The van der Waals surface area contributed by atoms with Gasteiger partial charge in [-0.2, -0.15) is 5.10 Å². The molecule has 0 bridgehead atoms. The van der Waals surface area contributed by atoms with Crippen molar-refractivity contribution in [2.45, 2.75) is 25.3 Å². The molecule has 1 aromatic rings. The van der Waals surface area contributed by atoms with Crippen molar-refractivity contribution >= 4 is 5.82 Å². The topological polar surface area (TPSA) is 58.0 Å². The van der Waals surface area contributed by atoms with Crippen LogP contribution >= 0.6 is 0 Å². The van der Waals surface area contributed by atoms with Gasteiger partial charge < -0.3 is 10.4 Å². The minimum absolute atomic E-state index is 0.262. The van der Waals surface area contributed by atoms with Crippen LogP contribution in [0.3, 0.4) is 0 Å². The molecule has 4 heteroatoms. The number of hydrogen-bond donors (Lipinski definition) is 2. The summed E-state index contributed by atoms with van der Waals surface area (Å²) in [6, 6.07) is 4.12. The van der Waals surface area contributed by atoms with E-state index in [-0.39, 0.29) is 6.61 Å². The maximum absolute atomic E-state index is 9.14. The predicted octanol–water partition coefficient (Wildman–Crippen LogP) is 1.05. The number of aliphatic hydroxyl groups is 1. The van der Waals surface area contributed by atoms with Crippen LogP contribution < -0.4 is 5.32 Å². The molecule has 2 unspecified atom stereocenters. The molecule has 0 amide bonds. The number of nitrogens with zero attached hydrogens (tertiary/aromatic N) is 2. The fourth-order valence-electron chi connectivity index (χ4n) is 2.01. The highest BCUT2D eigenvalue weighted by Gasteiger charge is 2.26. The molecular formula is C10H15N3O. The predicted molar refractivity (Wildman–Crippen MR) is 53.9 cm³/mol. The summed E-state index contributed by atoms with van der Waals surface area (Å²) in [4.78, 5) is 0. The van der Waals surface area contributed by atoms with Gasteiger partial charge in [0.2, 0.25) is 0 Å². The van der Waals surface area contributed by atoms with Gasteiger partial charge in [-0.25, -0.2) is 0 Å². The van der Waals surface area contributed by atoms with Crippen LogP contribution in [0.25, 0.3) is 0 Å². The van der Waals surface area contributed by atoms with E-state index in [2.05, 4.69) is 15.5 Å². The largest absolute Gasteiger partial charge is 0.396 e. The van der Waals surface area contributed by atoms with Crippen molar-refractivity contribution in [2.24, 2.45) is 5.92 Å². The first kappa shape index (κ1) is 9.40. The normalized spacial score (nSPS) is 26.4. The molecule has 0 radical (unpaired) electrons. The summed E-state index contributed by atoms with van der Waals surface area (Å²) in [6.45, 7) is 0.262. The second-order valence-electron chi connectivity index (χ2n) is 3.73. The summed E-state index contributed by atoms with van der Waals surface area (Å²) in [5.41, 5.74) is 0. The maximum Gasteiger partial charge on any atom is 0.148 e. The highest BCUT2D eigenvalue weighted by atomic mass is 16.3. The number of aromatic nitrogens is 2. The molecule has 2 N–H and O–H groups in total. The van der Waals surface area contributed by atoms with Crippen molar-refractivity contribution in [3.8, 4) is 0 Å². The quantitative estimate of drug-likeness (QED) is 0.753. The van der Waals surface area contributed by atoms with Crippen molar-refractivity contribution in [2.75, 3.05) is 11.9 Å². The van der Waals surface area contributed by atoms with E-state index < -0.39 is 0 Å². The number of rotatable bonds is 3. The molecule has 76 valence electrons. The summed E-state index contributed by atoms with van der Waals surface area (Å²) in [6.07, 6.45) is 5.06. The first-order valence-corrected chi connectivity index (χ1v) is 5.05. The third-order valence-corrected chi connectivity index (χ3v) is 2.80. The molecule has 1 aromatic heterocycles. The van der Waals surface area contributed by atoms with E-state index in [1.165, 1.54) is 6.42 Å². The van der Waals surface area contributed by atoms with Crippen molar-refractivity contribution < 1.29 is 5.11 Å². The van der Waals surface area contributed by atoms with E-state index in [0.717, 1.165) is 18.7 Å². The zero-order valence-electron chi connectivity index (χ0n) is 8.06. The zero-order valence-corrected chi connectivity index (χ0v) is 8.06. The lowest BCUT2D eigenvalue weighted by molar-refractivity contribution is 0.222. The fraction of sp³-hybridized carbons (Fsp3) is 0.600. The molecule has 2 atom stereocenters. The molecule has 14 heavy (non-hydrogen) atoms. The van der Waals surface area contributed by atoms with Gasteiger partial charge in [-0.15, -0.1) is 5.10 Å². The molecular weight excluding hydrogens is 178 g/mol. The molecule has 1 aliphatic rings. The van der Waals surface area contributed by atoms with Crippen LogP contribution in [0.15, 0.2) is 18.3 Å². The Morgan fingerprint density at radius 3 is 3.14 bits per heavy atom. The molecule has 2 rings (SSSR count). The van der Waals surface area contributed by atoms with Crippen LogP contribution in [0.5, 0.6) is 0 Å². The Labute approximate surface area is 83.4 Å². The number of nitrogens with one attached hydrogen (secondary N) is 1. The molecule has 0 saturated heterocycles. The van der Waals surface area contributed by atoms with Gasteiger partial charge in [0.25, 0.3) is 0 Å². The number of anilines is 1. The Morgan fingerprint density at radius 1 is 1.50 bits per heavy atom. The van der Waals surface area contributed by atoms with E-state index in [9.17, 15) is 0 Å². The lowest BCUT2D eigenvalue weighted by Gasteiger charge is -2.18. The van der Waals surface area contributed by atoms with Crippen molar-refractivity contribution in [1.29, 1.82) is 0 Å². The molecule has 1 fully saturated rings. The van der Waals surface area contributed by atoms with E-state index in [0.29, 0.717) is 12.0 Å². The third kappa shape index (κ3) is 2.01. The first-order valence-electron chi connectivity index (χ1n) is 5.05. The molecule has 0 spiro atoms. The standard InChI is InChI=1S/C10H15N3O/c14-7-8-3-1-4-9(8)12-10-5-2-6-11-13-10/h2,5-6,8-9,14H,1,3-4,7H2,(H,12,13). The third-order valence-electron chi connectivity index (χ3n) is 2.80. The minimum Gasteiger partial charge on any atom is -0.396 e. The molecule has 1 saturated carbocycles. The van der Waals surface area contributed by atoms with Gasteiger partial charge >= 0.3 is 0 Å². The van der Waals surface area contributed by atoms with Crippen LogP contribution in [-0.2, 0) is 0 Å². The van der Waals surface area contributed by atoms with Crippen LogP contribution in [0.2, 0.25) is 0 Å². The summed E-state index contributed by atoms with van der Waals surface area (Å²) in [5.74, 6) is 1.18. The molecule has 1 heterocycles. The summed E-state index contributed by atoms with van der Waals surface area (Å²) >= 11 is 0. The van der Waals surface area contributed by atoms with Gasteiger partial charge in [-0.1, -0.05) is 6.42 Å². The smallest absolute Gasteiger partial charge is 0.148 e. The molecule has 0 aromatic carbocycles. The van der Waals surface area contributed by atoms with Gasteiger partial charge in [-0.3, -0.25) is 0 Å². The Balaban J connectivity index is 1.97. The minimum atomic E-state index is 0.262. The van der Waals surface area contributed by atoms with Gasteiger partial charge in [0.15, 0.2) is 0 Å². The van der Waals surface area contributed by atoms with Gasteiger partial charge in [0.1, 0.15) is 5.82 Å².